The Morgan fingerprint density at radius 2 is 2.00 bits per heavy atom. The Morgan fingerprint density at radius 1 is 1.27 bits per heavy atom. The molecule has 1 aromatic rings. The Kier molecular flexibility index (Phi) is 7.62. The van der Waals surface area contributed by atoms with Gasteiger partial charge in [0.05, 0.1) is 18.7 Å². The summed E-state index contributed by atoms with van der Waals surface area (Å²) in [7, 11) is 1.43. The Labute approximate surface area is 137 Å². The first kappa shape index (κ1) is 18.2. The zero-order valence-corrected chi connectivity index (χ0v) is 13.4. The number of carbonyl (C=O) groups excluding carboxylic acids is 1. The number of nitrogens with one attached hydrogen (secondary N) is 1. The van der Waals surface area contributed by atoms with Gasteiger partial charge in [0.15, 0.2) is 0 Å². The molecule has 0 unspecified atom stereocenters. The monoisotopic (exact) mass is 350 g/mol. The number of halogens is 2. The van der Waals surface area contributed by atoms with E-state index in [0.717, 1.165) is 4.90 Å². The molecular weight excluding hydrogens is 335 g/mol. The number of anilines is 2. The van der Waals surface area contributed by atoms with E-state index in [1.165, 1.54) is 25.3 Å². The molecule has 0 fully saturated rings. The van der Waals surface area contributed by atoms with Gasteiger partial charge in [0, 0.05) is 30.2 Å². The van der Waals surface area contributed by atoms with Crippen molar-refractivity contribution in [3.05, 3.63) is 18.2 Å². The molecule has 0 aliphatic rings. The fourth-order valence-corrected chi connectivity index (χ4v) is 1.88. The summed E-state index contributed by atoms with van der Waals surface area (Å²) in [6.45, 7) is 0.165. The summed E-state index contributed by atoms with van der Waals surface area (Å²) in [6.07, 6.45) is -1.86. The highest BCUT2D eigenvalue weighted by molar-refractivity contribution is 6.18. The van der Waals surface area contributed by atoms with Crippen LogP contribution in [-0.4, -0.2) is 49.3 Å². The van der Waals surface area contributed by atoms with Gasteiger partial charge < -0.3 is 14.6 Å². The molecule has 0 bridgehead atoms. The smallest absolute Gasteiger partial charge is 0.411 e. The zero-order valence-electron chi connectivity index (χ0n) is 11.8. The molecule has 0 radical (unpaired) electrons. The minimum absolute atomic E-state index is 0.0672. The first-order valence-electron chi connectivity index (χ1n) is 6.27. The van der Waals surface area contributed by atoms with Gasteiger partial charge in [0.1, 0.15) is 12.4 Å². The maximum Gasteiger partial charge on any atom is 0.411 e. The average Bonchev–Trinajstić information content (AvgIpc) is 2.49. The second kappa shape index (κ2) is 9.22. The fraction of sp³-hybridized carbons (Fsp3) is 0.385. The predicted octanol–water partition coefficient (Wildman–Crippen LogP) is 3.21. The van der Waals surface area contributed by atoms with Crippen LogP contribution in [0.15, 0.2) is 18.2 Å². The minimum Gasteiger partial charge on any atom is -0.497 e. The summed E-state index contributed by atoms with van der Waals surface area (Å²) in [5.41, 5.74) is 0.648. The van der Waals surface area contributed by atoms with Crippen molar-refractivity contribution in [3.63, 3.8) is 0 Å². The van der Waals surface area contributed by atoms with Crippen LogP contribution in [0.1, 0.15) is 0 Å². The molecule has 22 heavy (non-hydrogen) atoms. The summed E-state index contributed by atoms with van der Waals surface area (Å²) >= 11 is 11.0. The van der Waals surface area contributed by atoms with Crippen LogP contribution in [0, 0.1) is 0 Å². The Morgan fingerprint density at radius 3 is 2.55 bits per heavy atom. The lowest BCUT2D eigenvalue weighted by molar-refractivity contribution is 0.168. The van der Waals surface area contributed by atoms with Gasteiger partial charge in [-0.05, 0) is 6.07 Å². The average molecular weight is 351 g/mol. The van der Waals surface area contributed by atoms with Crippen LogP contribution < -0.4 is 15.0 Å². The summed E-state index contributed by atoms with van der Waals surface area (Å²) in [4.78, 5) is 23.8. The van der Waals surface area contributed by atoms with E-state index < -0.39 is 12.2 Å². The molecule has 0 atom stereocenters. The molecular formula is C13H16Cl2N2O5. The number of ether oxygens (including phenoxy) is 2. The third-order valence-corrected chi connectivity index (χ3v) is 2.86. The van der Waals surface area contributed by atoms with E-state index in [4.69, 9.17) is 32.7 Å². The normalized spacial score (nSPS) is 9.95. The first-order chi connectivity index (χ1) is 10.5. The molecule has 0 heterocycles. The van der Waals surface area contributed by atoms with Gasteiger partial charge in [0.2, 0.25) is 0 Å². The first-order valence-corrected chi connectivity index (χ1v) is 7.34. The summed E-state index contributed by atoms with van der Waals surface area (Å²) < 4.78 is 9.89. The van der Waals surface area contributed by atoms with E-state index >= 15 is 0 Å². The molecule has 9 heteroatoms. The molecule has 1 rings (SSSR count). The number of methoxy groups -OCH3 is 1. The van der Waals surface area contributed by atoms with Gasteiger partial charge in [-0.1, -0.05) is 0 Å². The van der Waals surface area contributed by atoms with Crippen molar-refractivity contribution in [1.29, 1.82) is 0 Å². The molecule has 0 saturated heterocycles. The SMILES string of the molecule is COc1cc(NC(=O)OCCCl)cc(N(CCCl)C(=O)O)c1. The molecule has 1 aromatic carbocycles. The molecule has 0 saturated carbocycles. The second-order valence-electron chi connectivity index (χ2n) is 3.99. The molecule has 7 nitrogen and oxygen atoms in total. The van der Waals surface area contributed by atoms with Gasteiger partial charge in [-0.25, -0.2) is 9.59 Å². The highest BCUT2D eigenvalue weighted by Crippen LogP contribution is 2.27. The summed E-state index contributed by atoms with van der Waals surface area (Å²) in [5.74, 6) is 0.689. The number of nitrogens with zero attached hydrogens (tertiary/aromatic N) is 1. The van der Waals surface area contributed by atoms with Crippen molar-refractivity contribution in [1.82, 2.24) is 0 Å². The fourth-order valence-electron chi connectivity index (χ4n) is 1.63. The lowest BCUT2D eigenvalue weighted by Gasteiger charge is -2.20. The number of amides is 2. The van der Waals surface area contributed by atoms with E-state index in [2.05, 4.69) is 5.32 Å². The number of alkyl halides is 2. The lowest BCUT2D eigenvalue weighted by atomic mass is 10.2. The molecule has 0 aromatic heterocycles. The van der Waals surface area contributed by atoms with E-state index in [1.54, 1.807) is 0 Å². The molecule has 0 aliphatic carbocycles. The number of carboxylic acid groups (broad SMARTS) is 1. The van der Waals surface area contributed by atoms with Crippen LogP contribution >= 0.6 is 23.2 Å². The highest BCUT2D eigenvalue weighted by Gasteiger charge is 2.16. The molecule has 0 aliphatic heterocycles. The van der Waals surface area contributed by atoms with Crippen LogP contribution in [0.3, 0.4) is 0 Å². The van der Waals surface area contributed by atoms with Gasteiger partial charge in [-0.3, -0.25) is 10.2 Å². The molecule has 0 spiro atoms. The number of rotatable bonds is 7. The van der Waals surface area contributed by atoms with Crippen LogP contribution in [0.5, 0.6) is 5.75 Å². The Bertz CT molecular complexity index is 527. The lowest BCUT2D eigenvalue weighted by Crippen LogP contribution is -2.31. The van der Waals surface area contributed by atoms with Crippen LogP contribution in [-0.2, 0) is 4.74 Å². The van der Waals surface area contributed by atoms with Crippen LogP contribution in [0.4, 0.5) is 21.0 Å². The number of hydrogen-bond donors (Lipinski definition) is 2. The van der Waals surface area contributed by atoms with Crippen molar-refractivity contribution < 1.29 is 24.2 Å². The Balaban J connectivity index is 3.01. The minimum atomic E-state index is -1.16. The maximum absolute atomic E-state index is 11.5. The summed E-state index contributed by atoms with van der Waals surface area (Å²) in [6, 6.07) is 4.53. The van der Waals surface area contributed by atoms with E-state index in [1.807, 2.05) is 0 Å². The van der Waals surface area contributed by atoms with E-state index in [9.17, 15) is 14.7 Å². The quantitative estimate of drug-likeness (QED) is 0.737. The van der Waals surface area contributed by atoms with Crippen molar-refractivity contribution in [2.24, 2.45) is 0 Å². The van der Waals surface area contributed by atoms with Crippen LogP contribution in [0.2, 0.25) is 0 Å². The van der Waals surface area contributed by atoms with Gasteiger partial charge >= 0.3 is 12.2 Å². The maximum atomic E-state index is 11.5. The third-order valence-electron chi connectivity index (χ3n) is 2.53. The number of carbonyl (C=O) groups is 2. The second-order valence-corrected chi connectivity index (χ2v) is 4.75. The van der Waals surface area contributed by atoms with Crippen molar-refractivity contribution >= 4 is 46.8 Å². The van der Waals surface area contributed by atoms with E-state index in [-0.39, 0.29) is 24.9 Å². The van der Waals surface area contributed by atoms with Gasteiger partial charge in [-0.2, -0.15) is 0 Å². The predicted molar refractivity (Wildman–Crippen MR) is 84.8 cm³/mol. The van der Waals surface area contributed by atoms with E-state index in [0.29, 0.717) is 17.1 Å². The third kappa shape index (κ3) is 5.50. The number of hydrogen-bond acceptors (Lipinski definition) is 4. The molecule has 2 N–H and O–H groups in total. The van der Waals surface area contributed by atoms with Gasteiger partial charge in [0.25, 0.3) is 0 Å². The largest absolute Gasteiger partial charge is 0.497 e. The van der Waals surface area contributed by atoms with Crippen molar-refractivity contribution in [2.75, 3.05) is 42.2 Å². The number of benzene rings is 1. The zero-order chi connectivity index (χ0) is 16.5. The van der Waals surface area contributed by atoms with Crippen LogP contribution in [0.25, 0.3) is 0 Å². The highest BCUT2D eigenvalue weighted by atomic mass is 35.5. The molecule has 2 amide bonds. The van der Waals surface area contributed by atoms with Crippen molar-refractivity contribution in [2.45, 2.75) is 0 Å². The summed E-state index contributed by atoms with van der Waals surface area (Å²) in [5, 5.41) is 11.7. The van der Waals surface area contributed by atoms with Crippen molar-refractivity contribution in [3.8, 4) is 5.75 Å². The topological polar surface area (TPSA) is 88.1 Å². The molecule has 122 valence electrons. The van der Waals surface area contributed by atoms with Gasteiger partial charge in [-0.15, -0.1) is 23.2 Å². The Hall–Kier alpha value is -1.86. The standard InChI is InChI=1S/C13H16Cl2N2O5/c1-21-11-7-9(16-12(18)22-5-3-15)6-10(8-11)17(4-2-14)13(19)20/h6-8H,2-5H2,1H3,(H,16,18)(H,19,20).